The average molecular weight is 199 g/mol. The minimum atomic E-state index is -0.503. The molecule has 0 N–H and O–H groups in total. The number of methoxy groups -OCH3 is 1. The lowest BCUT2D eigenvalue weighted by Gasteiger charge is -2.03. The molecule has 0 fully saturated rings. The first-order chi connectivity index (χ1) is 6.77. The largest absolute Gasteiger partial charge is 0.466 e. The minimum absolute atomic E-state index is 0.334. The lowest BCUT2D eigenvalue weighted by molar-refractivity contribution is -0.152. The maximum absolute atomic E-state index is 11.1. The van der Waals surface area contributed by atoms with Crippen molar-refractivity contribution in [3.05, 3.63) is 0 Å². The van der Waals surface area contributed by atoms with E-state index in [2.05, 4.69) is 16.8 Å². The van der Waals surface area contributed by atoms with E-state index < -0.39 is 6.10 Å². The monoisotopic (exact) mass is 199 g/mol. The molecule has 80 valence electrons. The average Bonchev–Trinajstić information content (AvgIpc) is 2.66. The Morgan fingerprint density at radius 3 is 3.07 bits per heavy atom. The number of hydrogen-bond acceptors (Lipinski definition) is 4. The molecule has 1 aliphatic rings. The van der Waals surface area contributed by atoms with Crippen LogP contribution in [0.4, 0.5) is 0 Å². The highest BCUT2D eigenvalue weighted by Crippen LogP contribution is 2.15. The molecule has 1 aliphatic heterocycles. The maximum Gasteiger partial charge on any atom is 0.350 e. The van der Waals surface area contributed by atoms with E-state index in [0.29, 0.717) is 6.42 Å². The highest BCUT2D eigenvalue weighted by atomic mass is 16.7. The molecule has 0 spiro atoms. The summed E-state index contributed by atoms with van der Waals surface area (Å²) < 4.78 is 4.57. The van der Waals surface area contributed by atoms with Crippen molar-refractivity contribution in [2.45, 2.75) is 45.1 Å². The van der Waals surface area contributed by atoms with Crippen LogP contribution in [0.25, 0.3) is 0 Å². The zero-order chi connectivity index (χ0) is 10.4. The van der Waals surface area contributed by atoms with Crippen molar-refractivity contribution in [1.82, 2.24) is 0 Å². The number of oxime groups is 1. The van der Waals surface area contributed by atoms with E-state index in [1.54, 1.807) is 0 Å². The summed E-state index contributed by atoms with van der Waals surface area (Å²) in [4.78, 5) is 16.0. The van der Waals surface area contributed by atoms with E-state index >= 15 is 0 Å². The highest BCUT2D eigenvalue weighted by Gasteiger charge is 2.28. The quantitative estimate of drug-likeness (QED) is 0.501. The van der Waals surface area contributed by atoms with Gasteiger partial charge in [-0.2, -0.15) is 0 Å². The van der Waals surface area contributed by atoms with Crippen molar-refractivity contribution in [2.24, 2.45) is 5.16 Å². The lowest BCUT2D eigenvalue weighted by Crippen LogP contribution is -2.21. The van der Waals surface area contributed by atoms with Gasteiger partial charge in [-0.3, -0.25) is 0 Å². The van der Waals surface area contributed by atoms with Crippen molar-refractivity contribution in [2.75, 3.05) is 7.11 Å². The summed E-state index contributed by atoms with van der Waals surface area (Å²) in [5.74, 6) is -0.334. The number of rotatable bonds is 5. The van der Waals surface area contributed by atoms with Gasteiger partial charge in [-0.25, -0.2) is 4.79 Å². The summed E-state index contributed by atoms with van der Waals surface area (Å²) in [6.45, 7) is 2.16. The maximum atomic E-state index is 11.1. The number of hydrogen-bond donors (Lipinski definition) is 0. The molecule has 1 heterocycles. The molecule has 4 nitrogen and oxygen atoms in total. The van der Waals surface area contributed by atoms with Gasteiger partial charge >= 0.3 is 5.97 Å². The van der Waals surface area contributed by atoms with E-state index in [1.165, 1.54) is 20.0 Å². The molecule has 0 aromatic heterocycles. The van der Waals surface area contributed by atoms with Crippen LogP contribution >= 0.6 is 0 Å². The van der Waals surface area contributed by atoms with Crippen LogP contribution in [-0.2, 0) is 14.4 Å². The third-order valence-corrected chi connectivity index (χ3v) is 2.26. The molecule has 0 aromatic rings. The van der Waals surface area contributed by atoms with Gasteiger partial charge in [-0.15, -0.1) is 0 Å². The summed E-state index contributed by atoms with van der Waals surface area (Å²) in [5.41, 5.74) is 0.980. The zero-order valence-electron chi connectivity index (χ0n) is 8.78. The van der Waals surface area contributed by atoms with Gasteiger partial charge in [-0.05, 0) is 12.8 Å². The van der Waals surface area contributed by atoms with Gasteiger partial charge in [0, 0.05) is 6.42 Å². The third-order valence-electron chi connectivity index (χ3n) is 2.26. The third kappa shape index (κ3) is 3.01. The van der Waals surface area contributed by atoms with E-state index in [4.69, 9.17) is 4.84 Å². The summed E-state index contributed by atoms with van der Waals surface area (Å²) in [5, 5.41) is 3.87. The standard InChI is InChI=1S/C10H17NO3/c1-3-4-5-6-8-7-9(14-11-8)10(12)13-2/h9H,3-7H2,1-2H3. The van der Waals surface area contributed by atoms with Gasteiger partial charge in [0.05, 0.1) is 12.8 Å². The van der Waals surface area contributed by atoms with Crippen LogP contribution < -0.4 is 0 Å². The van der Waals surface area contributed by atoms with Crippen molar-refractivity contribution in [1.29, 1.82) is 0 Å². The number of carbonyl (C=O) groups excluding carboxylic acids is 1. The van der Waals surface area contributed by atoms with Gasteiger partial charge in [0.1, 0.15) is 0 Å². The fraction of sp³-hybridized carbons (Fsp3) is 0.800. The molecule has 0 saturated carbocycles. The fourth-order valence-electron chi connectivity index (χ4n) is 1.41. The van der Waals surface area contributed by atoms with Crippen LogP contribution in [0.2, 0.25) is 0 Å². The summed E-state index contributed by atoms with van der Waals surface area (Å²) in [7, 11) is 1.36. The highest BCUT2D eigenvalue weighted by molar-refractivity contribution is 5.90. The number of ether oxygens (including phenoxy) is 1. The molecular weight excluding hydrogens is 182 g/mol. The molecule has 4 heteroatoms. The Bertz CT molecular complexity index is 225. The van der Waals surface area contributed by atoms with E-state index in [-0.39, 0.29) is 5.97 Å². The molecule has 1 rings (SSSR count). The van der Waals surface area contributed by atoms with Crippen LogP contribution in [0.3, 0.4) is 0 Å². The second-order valence-corrected chi connectivity index (χ2v) is 3.44. The van der Waals surface area contributed by atoms with Gasteiger partial charge in [0.25, 0.3) is 0 Å². The second-order valence-electron chi connectivity index (χ2n) is 3.44. The van der Waals surface area contributed by atoms with Gasteiger partial charge in [-0.1, -0.05) is 24.9 Å². The van der Waals surface area contributed by atoms with Crippen LogP contribution in [-0.4, -0.2) is 24.9 Å². The van der Waals surface area contributed by atoms with Crippen LogP contribution in [0.5, 0.6) is 0 Å². The van der Waals surface area contributed by atoms with E-state index in [0.717, 1.165) is 18.6 Å². The first kappa shape index (κ1) is 11.0. The van der Waals surface area contributed by atoms with Gasteiger partial charge < -0.3 is 9.57 Å². The number of unbranched alkanes of at least 4 members (excludes halogenated alkanes) is 2. The normalized spacial score (nSPS) is 20.1. The number of carbonyl (C=O) groups is 1. The minimum Gasteiger partial charge on any atom is -0.466 e. The molecule has 14 heavy (non-hydrogen) atoms. The molecule has 0 aromatic carbocycles. The van der Waals surface area contributed by atoms with Crippen LogP contribution in [0.15, 0.2) is 5.16 Å². The summed E-state index contributed by atoms with van der Waals surface area (Å²) >= 11 is 0. The Labute approximate surface area is 84.3 Å². The fourth-order valence-corrected chi connectivity index (χ4v) is 1.41. The first-order valence-corrected chi connectivity index (χ1v) is 5.07. The second kappa shape index (κ2) is 5.62. The van der Waals surface area contributed by atoms with E-state index in [9.17, 15) is 4.79 Å². The Hall–Kier alpha value is -1.06. The Morgan fingerprint density at radius 1 is 1.64 bits per heavy atom. The summed E-state index contributed by atoms with van der Waals surface area (Å²) in [6.07, 6.45) is 4.53. The Kier molecular flexibility index (Phi) is 4.43. The predicted molar refractivity (Wildman–Crippen MR) is 53.1 cm³/mol. The van der Waals surface area contributed by atoms with Crippen LogP contribution in [0, 0.1) is 0 Å². The Morgan fingerprint density at radius 2 is 2.43 bits per heavy atom. The van der Waals surface area contributed by atoms with Gasteiger partial charge in [0.15, 0.2) is 0 Å². The Balaban J connectivity index is 2.22. The SMILES string of the molecule is CCCCCC1=NOC(C(=O)OC)C1. The van der Waals surface area contributed by atoms with E-state index in [1.807, 2.05) is 0 Å². The molecule has 0 bridgehead atoms. The zero-order valence-corrected chi connectivity index (χ0v) is 8.78. The van der Waals surface area contributed by atoms with Crippen molar-refractivity contribution >= 4 is 11.7 Å². The molecule has 0 aliphatic carbocycles. The first-order valence-electron chi connectivity index (χ1n) is 5.07. The molecule has 0 saturated heterocycles. The van der Waals surface area contributed by atoms with Gasteiger partial charge in [0.2, 0.25) is 6.10 Å². The topological polar surface area (TPSA) is 47.9 Å². The lowest BCUT2D eigenvalue weighted by atomic mass is 10.1. The number of esters is 1. The number of nitrogens with zero attached hydrogens (tertiary/aromatic N) is 1. The molecule has 0 radical (unpaired) electrons. The van der Waals surface area contributed by atoms with Crippen molar-refractivity contribution in [3.8, 4) is 0 Å². The summed E-state index contributed by atoms with van der Waals surface area (Å²) in [6, 6.07) is 0. The molecular formula is C10H17NO3. The molecule has 0 amide bonds. The van der Waals surface area contributed by atoms with Crippen molar-refractivity contribution in [3.63, 3.8) is 0 Å². The molecule has 1 atom stereocenters. The molecule has 1 unspecified atom stereocenters. The predicted octanol–water partition coefficient (Wildman–Crippen LogP) is 1.88. The smallest absolute Gasteiger partial charge is 0.350 e. The van der Waals surface area contributed by atoms with Crippen molar-refractivity contribution < 1.29 is 14.4 Å². The van der Waals surface area contributed by atoms with Crippen LogP contribution in [0.1, 0.15) is 39.0 Å².